The first-order valence-corrected chi connectivity index (χ1v) is 7.85. The molecule has 0 fully saturated rings. The molecule has 1 rings (SSSR count). The van der Waals surface area contributed by atoms with Crippen molar-refractivity contribution in [3.63, 3.8) is 0 Å². The molecule has 0 saturated carbocycles. The van der Waals surface area contributed by atoms with Gasteiger partial charge in [-0.25, -0.2) is 8.42 Å². The van der Waals surface area contributed by atoms with E-state index in [1.807, 2.05) is 20.8 Å². The van der Waals surface area contributed by atoms with Crippen LogP contribution in [0.2, 0.25) is 0 Å². The number of sulfonamides is 1. The molecule has 0 aliphatic rings. The van der Waals surface area contributed by atoms with Gasteiger partial charge in [-0.3, -0.25) is 9.40 Å². The summed E-state index contributed by atoms with van der Waals surface area (Å²) in [7, 11) is -3.27. The lowest BCUT2D eigenvalue weighted by atomic mass is 10.4. The predicted octanol–water partition coefficient (Wildman–Crippen LogP) is 1.21. The van der Waals surface area contributed by atoms with Crippen LogP contribution in [0.3, 0.4) is 0 Å². The molecule has 0 amide bonds. The summed E-state index contributed by atoms with van der Waals surface area (Å²) in [6.07, 6.45) is 3.83. The molecule has 0 aliphatic carbocycles. The zero-order valence-electron chi connectivity index (χ0n) is 11.2. The molecule has 6 nitrogen and oxygen atoms in total. The van der Waals surface area contributed by atoms with Crippen molar-refractivity contribution in [1.29, 1.82) is 0 Å². The third-order valence-corrected chi connectivity index (χ3v) is 3.79. The molecule has 2 N–H and O–H groups in total. The third kappa shape index (κ3) is 5.05. The molecule has 0 spiro atoms. The highest BCUT2D eigenvalue weighted by atomic mass is 32.2. The van der Waals surface area contributed by atoms with Crippen molar-refractivity contribution in [2.75, 3.05) is 23.6 Å². The van der Waals surface area contributed by atoms with Gasteiger partial charge in [-0.15, -0.1) is 0 Å². The molecule has 0 saturated heterocycles. The largest absolute Gasteiger partial charge is 0.317 e. The Morgan fingerprint density at radius 2 is 2.17 bits per heavy atom. The van der Waals surface area contributed by atoms with Gasteiger partial charge in [0.25, 0.3) is 0 Å². The summed E-state index contributed by atoms with van der Waals surface area (Å²) in [5, 5.41) is 7.18. The monoisotopic (exact) mass is 274 g/mol. The molecule has 0 radical (unpaired) electrons. The second kappa shape index (κ2) is 6.75. The maximum Gasteiger partial charge on any atom is 0.232 e. The number of hydrogen-bond donors (Lipinski definition) is 2. The first-order chi connectivity index (χ1) is 8.44. The molecule has 18 heavy (non-hydrogen) atoms. The minimum atomic E-state index is -3.27. The highest BCUT2D eigenvalue weighted by Crippen LogP contribution is 2.11. The van der Waals surface area contributed by atoms with E-state index in [2.05, 4.69) is 15.1 Å². The predicted molar refractivity (Wildman–Crippen MR) is 73.2 cm³/mol. The van der Waals surface area contributed by atoms with Crippen LogP contribution < -0.4 is 10.0 Å². The van der Waals surface area contributed by atoms with Crippen LogP contribution in [0.25, 0.3) is 0 Å². The van der Waals surface area contributed by atoms with Gasteiger partial charge in [0.15, 0.2) is 0 Å². The summed E-state index contributed by atoms with van der Waals surface area (Å²) in [6.45, 7) is 7.54. The highest BCUT2D eigenvalue weighted by molar-refractivity contribution is 7.92. The van der Waals surface area contributed by atoms with Crippen LogP contribution in [0.4, 0.5) is 5.69 Å². The molecule has 104 valence electrons. The van der Waals surface area contributed by atoms with E-state index in [-0.39, 0.29) is 11.8 Å². The van der Waals surface area contributed by atoms with Gasteiger partial charge in [-0.2, -0.15) is 5.10 Å². The zero-order chi connectivity index (χ0) is 13.6. The van der Waals surface area contributed by atoms with Gasteiger partial charge >= 0.3 is 0 Å². The first-order valence-electron chi connectivity index (χ1n) is 6.20. The third-order valence-electron chi connectivity index (χ3n) is 2.42. The fourth-order valence-corrected chi connectivity index (χ4v) is 2.56. The number of aromatic nitrogens is 2. The Kier molecular flexibility index (Phi) is 5.61. The fourth-order valence-electron chi connectivity index (χ4n) is 1.47. The minimum absolute atomic E-state index is 0.118. The molecule has 0 unspecified atom stereocenters. The van der Waals surface area contributed by atoms with Gasteiger partial charge in [-0.1, -0.05) is 6.92 Å². The topological polar surface area (TPSA) is 76.0 Å². The number of nitrogens with zero attached hydrogens (tertiary/aromatic N) is 2. The molecule has 7 heteroatoms. The average Bonchev–Trinajstić information content (AvgIpc) is 2.72. The zero-order valence-corrected chi connectivity index (χ0v) is 12.0. The normalized spacial score (nSPS) is 12.0. The highest BCUT2D eigenvalue weighted by Gasteiger charge is 2.11. The van der Waals surface area contributed by atoms with Crippen molar-refractivity contribution in [3.8, 4) is 0 Å². The van der Waals surface area contributed by atoms with Crippen molar-refractivity contribution >= 4 is 15.7 Å². The SMILES string of the molecule is CCNCCCS(=O)(=O)Nc1cnn(C(C)C)c1. The van der Waals surface area contributed by atoms with Crippen molar-refractivity contribution in [2.24, 2.45) is 0 Å². The smallest absolute Gasteiger partial charge is 0.232 e. The van der Waals surface area contributed by atoms with Crippen LogP contribution in [0, 0.1) is 0 Å². The Balaban J connectivity index is 2.48. The Morgan fingerprint density at radius 1 is 1.44 bits per heavy atom. The second-order valence-corrected chi connectivity index (χ2v) is 6.27. The quantitative estimate of drug-likeness (QED) is 0.699. The number of anilines is 1. The minimum Gasteiger partial charge on any atom is -0.317 e. The maximum atomic E-state index is 11.8. The summed E-state index contributed by atoms with van der Waals surface area (Å²) in [5.41, 5.74) is 0.521. The summed E-state index contributed by atoms with van der Waals surface area (Å²) in [4.78, 5) is 0. The lowest BCUT2D eigenvalue weighted by Crippen LogP contribution is -2.21. The molecule has 0 aliphatic heterocycles. The van der Waals surface area contributed by atoms with Crippen LogP contribution in [0.1, 0.15) is 33.2 Å². The molecular formula is C11H22N4O2S. The molecular weight excluding hydrogens is 252 g/mol. The van der Waals surface area contributed by atoms with E-state index < -0.39 is 10.0 Å². The summed E-state index contributed by atoms with van der Waals surface area (Å²) >= 11 is 0. The Labute approximate surface area is 109 Å². The van der Waals surface area contributed by atoms with E-state index in [4.69, 9.17) is 0 Å². The Morgan fingerprint density at radius 3 is 2.72 bits per heavy atom. The number of rotatable bonds is 8. The van der Waals surface area contributed by atoms with Gasteiger partial charge in [0.2, 0.25) is 10.0 Å². The van der Waals surface area contributed by atoms with E-state index in [0.29, 0.717) is 18.7 Å². The molecule has 0 atom stereocenters. The van der Waals surface area contributed by atoms with Gasteiger partial charge in [0.05, 0.1) is 17.6 Å². The average molecular weight is 274 g/mol. The Bertz CT molecular complexity index is 453. The van der Waals surface area contributed by atoms with Gasteiger partial charge in [-0.05, 0) is 33.4 Å². The first kappa shape index (κ1) is 15.0. The van der Waals surface area contributed by atoms with Crippen molar-refractivity contribution in [3.05, 3.63) is 12.4 Å². The van der Waals surface area contributed by atoms with Crippen molar-refractivity contribution in [1.82, 2.24) is 15.1 Å². The fraction of sp³-hybridized carbons (Fsp3) is 0.727. The summed E-state index contributed by atoms with van der Waals surface area (Å²) < 4.78 is 27.8. The molecule has 0 aromatic carbocycles. The van der Waals surface area contributed by atoms with E-state index in [0.717, 1.165) is 6.54 Å². The van der Waals surface area contributed by atoms with E-state index >= 15 is 0 Å². The molecule has 1 aromatic rings. The number of hydrogen-bond acceptors (Lipinski definition) is 4. The lowest BCUT2D eigenvalue weighted by Gasteiger charge is -2.06. The van der Waals surface area contributed by atoms with Crippen LogP contribution in [-0.4, -0.2) is 37.0 Å². The number of nitrogens with one attached hydrogen (secondary N) is 2. The van der Waals surface area contributed by atoms with E-state index in [1.54, 1.807) is 10.9 Å². The Hall–Kier alpha value is -1.08. The molecule has 0 bridgehead atoms. The lowest BCUT2D eigenvalue weighted by molar-refractivity contribution is 0.532. The van der Waals surface area contributed by atoms with Crippen LogP contribution in [0.15, 0.2) is 12.4 Å². The van der Waals surface area contributed by atoms with Crippen molar-refractivity contribution < 1.29 is 8.42 Å². The molecule has 1 heterocycles. The van der Waals surface area contributed by atoms with Gasteiger partial charge < -0.3 is 5.32 Å². The van der Waals surface area contributed by atoms with E-state index in [9.17, 15) is 8.42 Å². The maximum absolute atomic E-state index is 11.8. The summed E-state index contributed by atoms with van der Waals surface area (Å²) in [6, 6.07) is 0.219. The summed E-state index contributed by atoms with van der Waals surface area (Å²) in [5.74, 6) is 0.118. The second-order valence-electron chi connectivity index (χ2n) is 4.43. The van der Waals surface area contributed by atoms with Crippen LogP contribution >= 0.6 is 0 Å². The van der Waals surface area contributed by atoms with E-state index in [1.165, 1.54) is 6.20 Å². The van der Waals surface area contributed by atoms with Gasteiger partial charge in [0.1, 0.15) is 0 Å². The van der Waals surface area contributed by atoms with Crippen LogP contribution in [-0.2, 0) is 10.0 Å². The van der Waals surface area contributed by atoms with Crippen LogP contribution in [0.5, 0.6) is 0 Å². The molecule has 1 aromatic heterocycles. The standard InChI is InChI=1S/C11H22N4O2S/c1-4-12-6-5-7-18(16,17)14-11-8-13-15(9-11)10(2)3/h8-10,12,14H,4-7H2,1-3H3. The van der Waals surface area contributed by atoms with Gasteiger partial charge in [0, 0.05) is 12.2 Å². The van der Waals surface area contributed by atoms with Crippen molar-refractivity contribution in [2.45, 2.75) is 33.2 Å².